The van der Waals surface area contributed by atoms with Gasteiger partial charge in [0.05, 0.1) is 0 Å². The molecule has 0 heterocycles. The number of hydrogen-bond donors (Lipinski definition) is 0. The van der Waals surface area contributed by atoms with Gasteiger partial charge in [-0.2, -0.15) is 10.1 Å². The van der Waals surface area contributed by atoms with Crippen molar-refractivity contribution < 1.29 is 4.94 Å². The van der Waals surface area contributed by atoms with Crippen LogP contribution in [0.4, 0.5) is 0 Å². The molecule has 0 aromatic carbocycles. The maximum absolute atomic E-state index is 5.43. The van der Waals surface area contributed by atoms with Gasteiger partial charge in [0.1, 0.15) is 0 Å². The molecule has 0 aliphatic heterocycles. The summed E-state index contributed by atoms with van der Waals surface area (Å²) >= 11 is 0. The second-order valence-corrected chi connectivity index (χ2v) is 2.94. The lowest BCUT2D eigenvalue weighted by atomic mass is 10.4. The Labute approximate surface area is 81.2 Å². The van der Waals surface area contributed by atoms with E-state index in [1.807, 2.05) is 26.2 Å². The van der Waals surface area contributed by atoms with Crippen molar-refractivity contribution >= 4 is 0 Å². The summed E-state index contributed by atoms with van der Waals surface area (Å²) in [5.41, 5.74) is 0. The van der Waals surface area contributed by atoms with E-state index < -0.39 is 0 Å². The van der Waals surface area contributed by atoms with Crippen LogP contribution in [-0.2, 0) is 4.94 Å². The summed E-state index contributed by atoms with van der Waals surface area (Å²) in [6, 6.07) is 0. The van der Waals surface area contributed by atoms with Crippen LogP contribution in [0.2, 0.25) is 0 Å². The minimum absolute atomic E-state index is 0.863. The monoisotopic (exact) mass is 184 g/mol. The van der Waals surface area contributed by atoms with Gasteiger partial charge >= 0.3 is 0 Å². The molecule has 0 aromatic rings. The quantitative estimate of drug-likeness (QED) is 0.423. The van der Waals surface area contributed by atoms with Gasteiger partial charge in [-0.15, -0.1) is 13.2 Å². The summed E-state index contributed by atoms with van der Waals surface area (Å²) in [6.45, 7) is 9.03. The first-order valence-electron chi connectivity index (χ1n) is 4.53. The molecule has 0 spiro atoms. The summed E-state index contributed by atoms with van der Waals surface area (Å²) in [4.78, 5) is 5.43. The molecule has 3 heteroatoms. The van der Waals surface area contributed by atoms with Crippen LogP contribution in [0.1, 0.15) is 12.8 Å². The Bertz CT molecular complexity index is 132. The highest BCUT2D eigenvalue weighted by Gasteiger charge is 2.01. The summed E-state index contributed by atoms with van der Waals surface area (Å²) in [7, 11) is 3.82. The van der Waals surface area contributed by atoms with Crippen LogP contribution in [0.25, 0.3) is 0 Å². The minimum atomic E-state index is 0.863. The van der Waals surface area contributed by atoms with Crippen molar-refractivity contribution in [2.45, 2.75) is 12.8 Å². The third kappa shape index (κ3) is 7.71. The fraction of sp³-hybridized carbons (Fsp3) is 0.600. The lowest BCUT2D eigenvalue weighted by Crippen LogP contribution is -2.31. The summed E-state index contributed by atoms with van der Waals surface area (Å²) in [5, 5.41) is 3.59. The molecule has 0 amide bonds. The van der Waals surface area contributed by atoms with Crippen LogP contribution in [0, 0.1) is 0 Å². The van der Waals surface area contributed by atoms with Gasteiger partial charge in [-0.05, 0) is 12.8 Å². The van der Waals surface area contributed by atoms with Crippen molar-refractivity contribution in [3.63, 3.8) is 0 Å². The summed E-state index contributed by atoms with van der Waals surface area (Å²) < 4.78 is 0. The maximum Gasteiger partial charge on any atom is 0.0291 e. The largest absolute Gasteiger partial charge is 0.209 e. The van der Waals surface area contributed by atoms with E-state index in [9.17, 15) is 0 Å². The molecule has 0 rings (SSSR count). The molecule has 76 valence electrons. The second kappa shape index (κ2) is 7.98. The molecule has 0 saturated heterocycles. The van der Waals surface area contributed by atoms with Gasteiger partial charge in [-0.1, -0.05) is 12.2 Å². The molecule has 0 N–H and O–H groups in total. The zero-order valence-electron chi connectivity index (χ0n) is 8.70. The smallest absolute Gasteiger partial charge is 0.0291 e. The molecular formula is C10H20N2O. The van der Waals surface area contributed by atoms with Gasteiger partial charge in [0.25, 0.3) is 0 Å². The Morgan fingerprint density at radius 3 is 1.69 bits per heavy atom. The average Bonchev–Trinajstić information content (AvgIpc) is 2.11. The van der Waals surface area contributed by atoms with Crippen molar-refractivity contribution in [2.75, 3.05) is 27.2 Å². The first-order chi connectivity index (χ1) is 6.20. The van der Waals surface area contributed by atoms with Gasteiger partial charge in [-0.25, -0.2) is 4.94 Å². The fourth-order valence-electron chi connectivity index (χ4n) is 0.866. The van der Waals surface area contributed by atoms with Gasteiger partial charge < -0.3 is 0 Å². The number of hydroxylamine groups is 4. The van der Waals surface area contributed by atoms with E-state index in [0.29, 0.717) is 0 Å². The van der Waals surface area contributed by atoms with Crippen LogP contribution in [0.5, 0.6) is 0 Å². The predicted octanol–water partition coefficient (Wildman–Crippen LogP) is 1.85. The molecule has 0 atom stereocenters. The number of hydrogen-bond acceptors (Lipinski definition) is 3. The van der Waals surface area contributed by atoms with E-state index in [2.05, 4.69) is 13.2 Å². The van der Waals surface area contributed by atoms with Crippen LogP contribution in [-0.4, -0.2) is 37.3 Å². The second-order valence-electron chi connectivity index (χ2n) is 2.94. The molecule has 13 heavy (non-hydrogen) atoms. The Morgan fingerprint density at radius 2 is 1.38 bits per heavy atom. The van der Waals surface area contributed by atoms with Crippen molar-refractivity contribution in [3.05, 3.63) is 25.3 Å². The third-order valence-electron chi connectivity index (χ3n) is 1.58. The summed E-state index contributed by atoms with van der Waals surface area (Å²) in [5.74, 6) is 0. The standard InChI is InChI=1S/C10H20N2O/c1-5-7-9-11(3)13-12(4)10-8-6-2/h5-6H,1-2,7-10H2,3-4H3. The van der Waals surface area contributed by atoms with E-state index in [1.165, 1.54) is 0 Å². The number of rotatable bonds is 8. The molecule has 0 unspecified atom stereocenters. The SMILES string of the molecule is C=CCCN(C)ON(C)CCC=C. The van der Waals surface area contributed by atoms with Crippen molar-refractivity contribution in [1.82, 2.24) is 10.1 Å². The van der Waals surface area contributed by atoms with E-state index >= 15 is 0 Å². The molecule has 0 aliphatic rings. The van der Waals surface area contributed by atoms with Crippen LogP contribution < -0.4 is 0 Å². The van der Waals surface area contributed by atoms with Gasteiger partial charge in [0, 0.05) is 27.2 Å². The normalized spacial score (nSPS) is 10.8. The third-order valence-corrected chi connectivity index (χ3v) is 1.58. The minimum Gasteiger partial charge on any atom is -0.209 e. The van der Waals surface area contributed by atoms with E-state index in [0.717, 1.165) is 25.9 Å². The Kier molecular flexibility index (Phi) is 7.59. The number of nitrogens with zero attached hydrogens (tertiary/aromatic N) is 2. The first kappa shape index (κ1) is 12.4. The average molecular weight is 184 g/mol. The van der Waals surface area contributed by atoms with Gasteiger partial charge in [0.15, 0.2) is 0 Å². The highest BCUT2D eigenvalue weighted by molar-refractivity contribution is 4.67. The van der Waals surface area contributed by atoms with Crippen LogP contribution in [0.3, 0.4) is 0 Å². The molecule has 3 nitrogen and oxygen atoms in total. The maximum atomic E-state index is 5.43. The first-order valence-corrected chi connectivity index (χ1v) is 4.53. The lowest BCUT2D eigenvalue weighted by molar-refractivity contribution is -0.303. The van der Waals surface area contributed by atoms with Crippen molar-refractivity contribution in [3.8, 4) is 0 Å². The molecule has 0 aliphatic carbocycles. The zero-order valence-corrected chi connectivity index (χ0v) is 8.70. The van der Waals surface area contributed by atoms with Crippen LogP contribution >= 0.6 is 0 Å². The highest BCUT2D eigenvalue weighted by atomic mass is 16.8. The van der Waals surface area contributed by atoms with Crippen molar-refractivity contribution in [1.29, 1.82) is 0 Å². The van der Waals surface area contributed by atoms with Crippen LogP contribution in [0.15, 0.2) is 25.3 Å². The Morgan fingerprint density at radius 1 is 1.00 bits per heavy atom. The topological polar surface area (TPSA) is 15.7 Å². The molecule has 0 saturated carbocycles. The Balaban J connectivity index is 3.45. The van der Waals surface area contributed by atoms with Gasteiger partial charge in [0.2, 0.25) is 0 Å². The predicted molar refractivity (Wildman–Crippen MR) is 56.0 cm³/mol. The van der Waals surface area contributed by atoms with Gasteiger partial charge in [-0.3, -0.25) is 0 Å². The Hall–Kier alpha value is -0.640. The van der Waals surface area contributed by atoms with E-state index in [4.69, 9.17) is 4.94 Å². The zero-order chi connectivity index (χ0) is 10.1. The highest BCUT2D eigenvalue weighted by Crippen LogP contribution is 1.95. The molecule has 0 aromatic heterocycles. The lowest BCUT2D eigenvalue weighted by Gasteiger charge is -2.22. The van der Waals surface area contributed by atoms with E-state index in [1.54, 1.807) is 10.1 Å². The molecular weight excluding hydrogens is 164 g/mol. The van der Waals surface area contributed by atoms with Crippen molar-refractivity contribution in [2.24, 2.45) is 0 Å². The van der Waals surface area contributed by atoms with E-state index in [-0.39, 0.29) is 0 Å². The molecule has 0 fully saturated rings. The summed E-state index contributed by atoms with van der Waals surface area (Å²) in [6.07, 6.45) is 5.63. The molecule has 0 radical (unpaired) electrons. The molecule has 0 bridgehead atoms. The fourth-order valence-corrected chi connectivity index (χ4v) is 0.866.